The summed E-state index contributed by atoms with van der Waals surface area (Å²) in [5, 5.41) is 19.1. The minimum absolute atomic E-state index is 0.0917. The number of hydrogen-bond acceptors (Lipinski definition) is 6. The fraction of sp³-hybridized carbons (Fsp3) is 0.600. The van der Waals surface area contributed by atoms with Crippen molar-refractivity contribution in [2.75, 3.05) is 26.3 Å². The number of nitrogens with one attached hydrogen (secondary N) is 1. The number of benzene rings is 1. The summed E-state index contributed by atoms with van der Waals surface area (Å²) in [7, 11) is 0. The highest BCUT2D eigenvalue weighted by molar-refractivity contribution is 5.88. The summed E-state index contributed by atoms with van der Waals surface area (Å²) in [5.74, 6) is -1.38. The Hall–Kier alpha value is -2.16. The maximum absolute atomic E-state index is 12.9. The predicted molar refractivity (Wildman–Crippen MR) is 102 cm³/mol. The van der Waals surface area contributed by atoms with Gasteiger partial charge in [-0.15, -0.1) is 0 Å². The quantitative estimate of drug-likeness (QED) is 0.428. The average Bonchev–Trinajstić information content (AvgIpc) is 2.71. The maximum atomic E-state index is 12.9. The van der Waals surface area contributed by atoms with Crippen LogP contribution in [0, 0.1) is 5.92 Å². The van der Waals surface area contributed by atoms with Crippen molar-refractivity contribution >= 4 is 11.8 Å². The summed E-state index contributed by atoms with van der Waals surface area (Å²) in [6.07, 6.45) is -0.0581. The van der Waals surface area contributed by atoms with Gasteiger partial charge in [-0.3, -0.25) is 14.8 Å². The van der Waals surface area contributed by atoms with E-state index in [0.29, 0.717) is 45.6 Å². The number of aliphatic hydroxyl groups excluding tert-OH is 1. The van der Waals surface area contributed by atoms with Gasteiger partial charge < -0.3 is 19.5 Å². The first-order valence-electron chi connectivity index (χ1n) is 9.70. The van der Waals surface area contributed by atoms with Crippen molar-refractivity contribution in [2.45, 2.75) is 45.3 Å². The lowest BCUT2D eigenvalue weighted by molar-refractivity contribution is -0.154. The van der Waals surface area contributed by atoms with Gasteiger partial charge in [0.05, 0.1) is 25.2 Å². The molecule has 1 heterocycles. The molecule has 8 heteroatoms. The van der Waals surface area contributed by atoms with E-state index < -0.39 is 17.9 Å². The number of carbonyl (C=O) groups is 2. The van der Waals surface area contributed by atoms with Gasteiger partial charge in [-0.05, 0) is 50.8 Å². The molecule has 2 rings (SSSR count). The molecule has 1 aromatic rings. The van der Waals surface area contributed by atoms with Crippen LogP contribution < -0.4 is 10.2 Å². The first-order valence-corrected chi connectivity index (χ1v) is 9.70. The van der Waals surface area contributed by atoms with Crippen molar-refractivity contribution < 1.29 is 29.4 Å². The van der Waals surface area contributed by atoms with Crippen molar-refractivity contribution in [2.24, 2.45) is 5.92 Å². The van der Waals surface area contributed by atoms with E-state index >= 15 is 0 Å². The molecule has 1 saturated heterocycles. The zero-order valence-electron chi connectivity index (χ0n) is 16.5. The number of hydrogen-bond donors (Lipinski definition) is 3. The van der Waals surface area contributed by atoms with E-state index in [4.69, 9.17) is 14.7 Å². The number of amides is 2. The molecule has 8 nitrogen and oxygen atoms in total. The minimum Gasteiger partial charge on any atom is -0.494 e. The van der Waals surface area contributed by atoms with Crippen molar-refractivity contribution in [1.82, 2.24) is 10.4 Å². The number of carbonyl (C=O) groups excluding carboxylic acids is 2. The normalized spacial score (nSPS) is 19.0. The molecule has 0 saturated carbocycles. The second kappa shape index (κ2) is 11.0. The van der Waals surface area contributed by atoms with Gasteiger partial charge in [-0.1, -0.05) is 12.1 Å². The van der Waals surface area contributed by atoms with Crippen LogP contribution in [-0.2, 0) is 20.7 Å². The van der Waals surface area contributed by atoms with Gasteiger partial charge in [-0.2, -0.15) is 0 Å². The monoisotopic (exact) mass is 394 g/mol. The fourth-order valence-electron chi connectivity index (χ4n) is 3.36. The first kappa shape index (κ1) is 22.1. The highest BCUT2D eigenvalue weighted by atomic mass is 16.5. The van der Waals surface area contributed by atoms with E-state index in [-0.39, 0.29) is 12.0 Å². The van der Waals surface area contributed by atoms with Crippen LogP contribution in [-0.4, -0.2) is 65.5 Å². The zero-order valence-corrected chi connectivity index (χ0v) is 16.5. The summed E-state index contributed by atoms with van der Waals surface area (Å²) in [4.78, 5) is 26.2. The molecule has 156 valence electrons. The number of aryl methyl sites for hydroxylation is 1. The second-order valence-electron chi connectivity index (χ2n) is 6.96. The van der Waals surface area contributed by atoms with Crippen LogP contribution >= 0.6 is 0 Å². The highest BCUT2D eigenvalue weighted by Crippen LogP contribution is 2.21. The third kappa shape index (κ3) is 6.19. The van der Waals surface area contributed by atoms with Crippen molar-refractivity contribution in [3.8, 4) is 5.75 Å². The fourth-order valence-corrected chi connectivity index (χ4v) is 3.36. The Balaban J connectivity index is 1.98. The summed E-state index contributed by atoms with van der Waals surface area (Å²) < 4.78 is 10.9. The number of nitrogens with zero attached hydrogens (tertiary/aromatic N) is 1. The maximum Gasteiger partial charge on any atom is 0.272 e. The van der Waals surface area contributed by atoms with Crippen LogP contribution in [0.1, 0.15) is 32.3 Å². The Bertz CT molecular complexity index is 636. The van der Waals surface area contributed by atoms with Gasteiger partial charge in [0.25, 0.3) is 5.91 Å². The van der Waals surface area contributed by atoms with Crippen LogP contribution in [0.25, 0.3) is 0 Å². The standard InChI is InChI=1S/C20H30N2O6/c1-3-27-16-9-7-15(8-10-16)5-4-6-17(18(23)19(24)21-26)20(25)22-11-12-28-14(2)13-22/h7-10,14,17-18,23,26H,3-6,11-13H2,1-2H3,(H,21,24)/t14?,17-,18+/m1/s1. The molecule has 1 aliphatic rings. The molecule has 0 aliphatic carbocycles. The molecule has 1 fully saturated rings. The second-order valence-corrected chi connectivity index (χ2v) is 6.96. The number of hydroxylamine groups is 1. The molecule has 0 spiro atoms. The number of rotatable bonds is 9. The Morgan fingerprint density at radius 3 is 2.68 bits per heavy atom. The van der Waals surface area contributed by atoms with E-state index in [2.05, 4.69) is 0 Å². The molecule has 3 N–H and O–H groups in total. The average molecular weight is 394 g/mol. The van der Waals surface area contributed by atoms with Gasteiger partial charge in [0.1, 0.15) is 11.9 Å². The van der Waals surface area contributed by atoms with Gasteiger partial charge in [-0.25, -0.2) is 5.48 Å². The van der Waals surface area contributed by atoms with Gasteiger partial charge in [0, 0.05) is 13.1 Å². The Morgan fingerprint density at radius 1 is 1.36 bits per heavy atom. The highest BCUT2D eigenvalue weighted by Gasteiger charge is 2.35. The van der Waals surface area contributed by atoms with E-state index in [1.165, 1.54) is 5.48 Å². The lowest BCUT2D eigenvalue weighted by Crippen LogP contribution is -2.51. The van der Waals surface area contributed by atoms with E-state index in [9.17, 15) is 14.7 Å². The lowest BCUT2D eigenvalue weighted by atomic mass is 9.92. The Morgan fingerprint density at radius 2 is 2.07 bits per heavy atom. The van der Waals surface area contributed by atoms with Crippen LogP contribution in [0.15, 0.2) is 24.3 Å². The SMILES string of the molecule is CCOc1ccc(CCC[C@@H](C(=O)N2CCOC(C)C2)[C@H](O)C(=O)NO)cc1. The Labute approximate surface area is 165 Å². The van der Waals surface area contributed by atoms with Crippen molar-refractivity contribution in [3.63, 3.8) is 0 Å². The van der Waals surface area contributed by atoms with E-state index in [1.54, 1.807) is 4.90 Å². The molecule has 0 radical (unpaired) electrons. The molecule has 1 unspecified atom stereocenters. The summed E-state index contributed by atoms with van der Waals surface area (Å²) in [6, 6.07) is 7.71. The Kier molecular flexibility index (Phi) is 8.69. The van der Waals surface area contributed by atoms with Crippen molar-refractivity contribution in [3.05, 3.63) is 29.8 Å². The molecule has 1 aromatic carbocycles. The molecule has 2 amide bonds. The lowest BCUT2D eigenvalue weighted by Gasteiger charge is -2.34. The summed E-state index contributed by atoms with van der Waals surface area (Å²) >= 11 is 0. The number of ether oxygens (including phenoxy) is 2. The predicted octanol–water partition coefficient (Wildman–Crippen LogP) is 1.14. The molecular formula is C20H30N2O6. The largest absolute Gasteiger partial charge is 0.494 e. The van der Waals surface area contributed by atoms with Crippen LogP contribution in [0.2, 0.25) is 0 Å². The third-order valence-electron chi connectivity index (χ3n) is 4.84. The summed E-state index contributed by atoms with van der Waals surface area (Å²) in [5.41, 5.74) is 2.52. The van der Waals surface area contributed by atoms with Crippen LogP contribution in [0.3, 0.4) is 0 Å². The molecule has 28 heavy (non-hydrogen) atoms. The molecule has 0 aromatic heterocycles. The zero-order chi connectivity index (χ0) is 20.5. The van der Waals surface area contributed by atoms with Gasteiger partial charge >= 0.3 is 0 Å². The van der Waals surface area contributed by atoms with Gasteiger partial charge in [0.2, 0.25) is 5.91 Å². The topological polar surface area (TPSA) is 108 Å². The third-order valence-corrected chi connectivity index (χ3v) is 4.84. The summed E-state index contributed by atoms with van der Waals surface area (Å²) in [6.45, 7) is 5.67. The molecule has 1 aliphatic heterocycles. The van der Waals surface area contributed by atoms with E-state index in [1.807, 2.05) is 38.1 Å². The number of morpholine rings is 1. The smallest absolute Gasteiger partial charge is 0.272 e. The van der Waals surface area contributed by atoms with Gasteiger partial charge in [0.15, 0.2) is 0 Å². The minimum atomic E-state index is -1.60. The first-order chi connectivity index (χ1) is 13.5. The van der Waals surface area contributed by atoms with Crippen molar-refractivity contribution in [1.29, 1.82) is 0 Å². The van der Waals surface area contributed by atoms with Crippen LogP contribution in [0.4, 0.5) is 0 Å². The van der Waals surface area contributed by atoms with E-state index in [0.717, 1.165) is 11.3 Å². The molecule has 0 bridgehead atoms. The molecular weight excluding hydrogens is 364 g/mol. The number of aliphatic hydroxyl groups is 1. The van der Waals surface area contributed by atoms with Crippen LogP contribution in [0.5, 0.6) is 5.75 Å². The molecule has 3 atom stereocenters.